The van der Waals surface area contributed by atoms with Gasteiger partial charge in [0.15, 0.2) is 5.76 Å². The minimum atomic E-state index is 0.199. The minimum absolute atomic E-state index is 0.199. The molecule has 6 heteroatoms. The third-order valence-electron chi connectivity index (χ3n) is 7.50. The van der Waals surface area contributed by atoms with Crippen LogP contribution in [-0.2, 0) is 17.8 Å². The lowest BCUT2D eigenvalue weighted by molar-refractivity contribution is -0.130. The van der Waals surface area contributed by atoms with Gasteiger partial charge in [-0.3, -0.25) is 4.79 Å². The SMILES string of the molecule is CC(=O)N1CCC(N[C@H]2C[C@@H](Cc3cc(CN(C)c4ccccc4)on3)C2(C)C)CC1. The molecule has 2 aromatic rings. The lowest BCUT2D eigenvalue weighted by Gasteiger charge is -2.54. The minimum Gasteiger partial charge on any atom is -0.367 e. The molecule has 0 spiro atoms. The summed E-state index contributed by atoms with van der Waals surface area (Å²) in [6.07, 6.45) is 4.25. The van der Waals surface area contributed by atoms with Crippen molar-refractivity contribution in [2.45, 2.75) is 65.1 Å². The van der Waals surface area contributed by atoms with Gasteiger partial charge in [0.1, 0.15) is 0 Å². The predicted molar refractivity (Wildman–Crippen MR) is 123 cm³/mol. The summed E-state index contributed by atoms with van der Waals surface area (Å²) < 4.78 is 5.63. The molecule has 2 fully saturated rings. The van der Waals surface area contributed by atoms with Crippen LogP contribution in [0.4, 0.5) is 5.69 Å². The van der Waals surface area contributed by atoms with Gasteiger partial charge in [-0.1, -0.05) is 37.2 Å². The van der Waals surface area contributed by atoms with Crippen LogP contribution in [0.25, 0.3) is 0 Å². The number of aromatic nitrogens is 1. The molecule has 31 heavy (non-hydrogen) atoms. The third kappa shape index (κ3) is 4.95. The van der Waals surface area contributed by atoms with Gasteiger partial charge in [0.2, 0.25) is 5.91 Å². The molecule has 2 aliphatic rings. The number of nitrogens with one attached hydrogen (secondary N) is 1. The Kier molecular flexibility index (Phi) is 6.37. The number of anilines is 1. The fourth-order valence-corrected chi connectivity index (χ4v) is 5.08. The van der Waals surface area contributed by atoms with Crippen LogP contribution in [0.2, 0.25) is 0 Å². The average Bonchev–Trinajstić information content (AvgIpc) is 3.21. The van der Waals surface area contributed by atoms with Gasteiger partial charge in [0.25, 0.3) is 0 Å². The fourth-order valence-electron chi connectivity index (χ4n) is 5.08. The van der Waals surface area contributed by atoms with Crippen molar-refractivity contribution >= 4 is 11.6 Å². The highest BCUT2D eigenvalue weighted by molar-refractivity contribution is 5.73. The van der Waals surface area contributed by atoms with E-state index in [1.807, 2.05) is 23.1 Å². The van der Waals surface area contributed by atoms with E-state index in [-0.39, 0.29) is 11.3 Å². The summed E-state index contributed by atoms with van der Waals surface area (Å²) >= 11 is 0. The molecule has 6 nitrogen and oxygen atoms in total. The van der Waals surface area contributed by atoms with Crippen molar-refractivity contribution in [3.05, 3.63) is 47.9 Å². The molecule has 1 saturated heterocycles. The normalized spacial score (nSPS) is 23.4. The highest BCUT2D eigenvalue weighted by Crippen LogP contribution is 2.48. The van der Waals surface area contributed by atoms with Crippen LogP contribution in [0.5, 0.6) is 0 Å². The number of likely N-dealkylation sites (tertiary alicyclic amines) is 1. The number of amides is 1. The van der Waals surface area contributed by atoms with Crippen LogP contribution in [0.1, 0.15) is 51.5 Å². The van der Waals surface area contributed by atoms with Crippen LogP contribution in [-0.4, -0.2) is 48.2 Å². The average molecular weight is 425 g/mol. The molecule has 0 unspecified atom stereocenters. The highest BCUT2D eigenvalue weighted by atomic mass is 16.5. The summed E-state index contributed by atoms with van der Waals surface area (Å²) in [5.74, 6) is 1.71. The molecule has 1 amide bonds. The standard InChI is InChI=1S/C25H36N4O2/c1-18(30)29-12-10-20(11-13-29)26-24-15-19(25(24,2)3)14-21-16-23(31-27-21)17-28(4)22-8-6-5-7-9-22/h5-9,16,19-20,24,26H,10-15,17H2,1-4H3/t19-,24+/m1/s1. The molecule has 1 aliphatic heterocycles. The summed E-state index contributed by atoms with van der Waals surface area (Å²) in [6, 6.07) is 13.5. The number of carbonyl (C=O) groups is 1. The number of carbonyl (C=O) groups excluding carboxylic acids is 1. The van der Waals surface area contributed by atoms with E-state index in [1.165, 1.54) is 12.1 Å². The number of piperidine rings is 1. The Morgan fingerprint density at radius 2 is 1.97 bits per heavy atom. The molecule has 0 bridgehead atoms. The summed E-state index contributed by atoms with van der Waals surface area (Å²) in [4.78, 5) is 15.7. The number of hydrogen-bond donors (Lipinski definition) is 1. The van der Waals surface area contributed by atoms with Gasteiger partial charge >= 0.3 is 0 Å². The van der Waals surface area contributed by atoms with E-state index in [4.69, 9.17) is 4.52 Å². The van der Waals surface area contributed by atoms with Gasteiger partial charge in [-0.2, -0.15) is 0 Å². The van der Waals surface area contributed by atoms with Crippen LogP contribution in [0.15, 0.2) is 40.9 Å². The summed E-state index contributed by atoms with van der Waals surface area (Å²) in [5.41, 5.74) is 2.46. The quantitative estimate of drug-likeness (QED) is 0.731. The van der Waals surface area contributed by atoms with Crippen molar-refractivity contribution in [3.8, 4) is 0 Å². The van der Waals surface area contributed by atoms with E-state index in [0.29, 0.717) is 24.5 Å². The monoisotopic (exact) mass is 424 g/mol. The zero-order valence-electron chi connectivity index (χ0n) is 19.3. The van der Waals surface area contributed by atoms with Gasteiger partial charge in [0.05, 0.1) is 12.2 Å². The molecule has 168 valence electrons. The summed E-state index contributed by atoms with van der Waals surface area (Å²) in [5, 5.41) is 8.24. The molecule has 1 N–H and O–H groups in total. The van der Waals surface area contributed by atoms with Crippen molar-refractivity contribution in [1.82, 2.24) is 15.4 Å². The molecular weight excluding hydrogens is 388 g/mol. The van der Waals surface area contributed by atoms with Gasteiger partial charge in [-0.15, -0.1) is 0 Å². The second kappa shape index (κ2) is 9.03. The summed E-state index contributed by atoms with van der Waals surface area (Å²) in [6.45, 7) is 8.88. The maximum atomic E-state index is 11.5. The van der Waals surface area contributed by atoms with E-state index in [9.17, 15) is 4.79 Å². The van der Waals surface area contributed by atoms with Gasteiger partial charge in [-0.25, -0.2) is 0 Å². The van der Waals surface area contributed by atoms with Crippen LogP contribution >= 0.6 is 0 Å². The van der Waals surface area contributed by atoms with Crippen molar-refractivity contribution < 1.29 is 9.32 Å². The van der Waals surface area contributed by atoms with E-state index in [0.717, 1.165) is 43.8 Å². The topological polar surface area (TPSA) is 61.6 Å². The first-order chi connectivity index (χ1) is 14.8. The number of benzene rings is 1. The Morgan fingerprint density at radius 3 is 2.61 bits per heavy atom. The van der Waals surface area contributed by atoms with Crippen LogP contribution in [0, 0.1) is 11.3 Å². The number of rotatable bonds is 7. The lowest BCUT2D eigenvalue weighted by atomic mass is 9.57. The van der Waals surface area contributed by atoms with E-state index >= 15 is 0 Å². The smallest absolute Gasteiger partial charge is 0.219 e. The maximum absolute atomic E-state index is 11.5. The number of hydrogen-bond acceptors (Lipinski definition) is 5. The van der Waals surface area contributed by atoms with E-state index < -0.39 is 0 Å². The first-order valence-corrected chi connectivity index (χ1v) is 11.5. The largest absolute Gasteiger partial charge is 0.367 e. The van der Waals surface area contributed by atoms with Crippen molar-refractivity contribution in [2.75, 3.05) is 25.0 Å². The van der Waals surface area contributed by atoms with E-state index in [2.05, 4.69) is 54.5 Å². The number of nitrogens with zero attached hydrogens (tertiary/aromatic N) is 3. The second-order valence-electron chi connectivity index (χ2n) is 9.93. The van der Waals surface area contributed by atoms with Crippen LogP contribution in [0.3, 0.4) is 0 Å². The van der Waals surface area contributed by atoms with Gasteiger partial charge in [-0.05, 0) is 49.1 Å². The predicted octanol–water partition coefficient (Wildman–Crippen LogP) is 3.87. The van der Waals surface area contributed by atoms with Gasteiger partial charge < -0.3 is 19.6 Å². The first-order valence-electron chi connectivity index (χ1n) is 11.5. The first kappa shape index (κ1) is 21.9. The fraction of sp³-hybridized carbons (Fsp3) is 0.600. The number of para-hydroxylation sites is 1. The molecule has 2 heterocycles. The zero-order valence-corrected chi connectivity index (χ0v) is 19.3. The van der Waals surface area contributed by atoms with Crippen molar-refractivity contribution in [3.63, 3.8) is 0 Å². The molecule has 1 aromatic heterocycles. The Labute approximate surface area is 186 Å². The second-order valence-corrected chi connectivity index (χ2v) is 9.93. The molecular formula is C25H36N4O2. The Morgan fingerprint density at radius 1 is 1.26 bits per heavy atom. The molecule has 0 radical (unpaired) electrons. The Hall–Kier alpha value is -2.34. The van der Waals surface area contributed by atoms with Crippen molar-refractivity contribution in [2.24, 2.45) is 11.3 Å². The Balaban J connectivity index is 1.26. The summed E-state index contributed by atoms with van der Waals surface area (Å²) in [7, 11) is 2.07. The molecule has 1 aliphatic carbocycles. The van der Waals surface area contributed by atoms with Crippen LogP contribution < -0.4 is 10.2 Å². The molecule has 1 aromatic carbocycles. The Bertz CT molecular complexity index is 871. The zero-order chi connectivity index (χ0) is 22.0. The molecule has 1 saturated carbocycles. The highest BCUT2D eigenvalue weighted by Gasteiger charge is 2.48. The molecule has 4 rings (SSSR count). The maximum Gasteiger partial charge on any atom is 0.219 e. The van der Waals surface area contributed by atoms with E-state index in [1.54, 1.807) is 6.92 Å². The van der Waals surface area contributed by atoms with Gasteiger partial charge in [0, 0.05) is 50.9 Å². The molecule has 2 atom stereocenters. The lowest BCUT2D eigenvalue weighted by Crippen LogP contribution is -2.61. The van der Waals surface area contributed by atoms with Crippen molar-refractivity contribution in [1.29, 1.82) is 0 Å². The third-order valence-corrected chi connectivity index (χ3v) is 7.50.